The molecular formula is C20H27N. The summed E-state index contributed by atoms with van der Waals surface area (Å²) in [6.45, 7) is 11.6. The van der Waals surface area contributed by atoms with E-state index in [2.05, 4.69) is 65.0 Å². The van der Waals surface area contributed by atoms with Crippen LogP contribution in [0.2, 0.25) is 0 Å². The average Bonchev–Trinajstić information content (AvgIpc) is 2.77. The normalized spacial score (nSPS) is 33.0. The number of rotatable bonds is 0. The highest BCUT2D eigenvalue weighted by Gasteiger charge is 2.57. The molecule has 1 unspecified atom stereocenters. The van der Waals surface area contributed by atoms with Crippen LogP contribution >= 0.6 is 0 Å². The van der Waals surface area contributed by atoms with Crippen LogP contribution in [0.5, 0.6) is 0 Å². The Morgan fingerprint density at radius 2 is 1.48 bits per heavy atom. The van der Waals surface area contributed by atoms with Gasteiger partial charge in [-0.05, 0) is 59.1 Å². The molecule has 1 atom stereocenters. The quantitative estimate of drug-likeness (QED) is 0.724. The fraction of sp³-hybridized carbons (Fsp3) is 0.500. The summed E-state index contributed by atoms with van der Waals surface area (Å²) >= 11 is 0. The molecule has 2 aliphatic carbocycles. The van der Waals surface area contributed by atoms with Crippen LogP contribution in [0.4, 0.5) is 0 Å². The Morgan fingerprint density at radius 1 is 0.905 bits per heavy atom. The number of hydrogen-bond donors (Lipinski definition) is 1. The molecule has 0 radical (unpaired) electrons. The van der Waals surface area contributed by atoms with Gasteiger partial charge in [0.25, 0.3) is 0 Å². The van der Waals surface area contributed by atoms with Crippen molar-refractivity contribution in [1.82, 2.24) is 0 Å². The van der Waals surface area contributed by atoms with Gasteiger partial charge in [-0.25, -0.2) is 0 Å². The van der Waals surface area contributed by atoms with Crippen LogP contribution in [-0.2, 0) is 10.8 Å². The van der Waals surface area contributed by atoms with Crippen LogP contribution in [0.1, 0.15) is 58.6 Å². The summed E-state index contributed by atoms with van der Waals surface area (Å²) in [7, 11) is 0. The summed E-state index contributed by atoms with van der Waals surface area (Å²) in [6.07, 6.45) is 6.48. The summed E-state index contributed by atoms with van der Waals surface area (Å²) in [4.78, 5) is 0. The van der Waals surface area contributed by atoms with E-state index >= 15 is 0 Å². The largest absolute Gasteiger partial charge is 0.404 e. The summed E-state index contributed by atoms with van der Waals surface area (Å²) < 4.78 is 0. The van der Waals surface area contributed by atoms with E-state index in [-0.39, 0.29) is 16.2 Å². The van der Waals surface area contributed by atoms with Crippen molar-refractivity contribution in [3.8, 4) is 0 Å². The van der Waals surface area contributed by atoms with Crippen LogP contribution < -0.4 is 5.73 Å². The number of fused-ring (bicyclic) bond motifs is 2. The third-order valence-corrected chi connectivity index (χ3v) is 5.65. The molecule has 0 amide bonds. The van der Waals surface area contributed by atoms with Gasteiger partial charge in [0.1, 0.15) is 0 Å². The lowest BCUT2D eigenvalue weighted by Gasteiger charge is -2.30. The van der Waals surface area contributed by atoms with E-state index in [1.165, 1.54) is 28.7 Å². The fourth-order valence-corrected chi connectivity index (χ4v) is 5.15. The molecule has 0 aliphatic heterocycles. The summed E-state index contributed by atoms with van der Waals surface area (Å²) in [5.74, 6) is 0. The molecule has 2 aliphatic rings. The predicted molar refractivity (Wildman–Crippen MR) is 90.2 cm³/mol. The minimum absolute atomic E-state index is 0.142. The van der Waals surface area contributed by atoms with E-state index in [1.54, 1.807) is 0 Å². The van der Waals surface area contributed by atoms with Crippen LogP contribution in [0, 0.1) is 5.41 Å². The van der Waals surface area contributed by atoms with Crippen molar-refractivity contribution >= 4 is 0 Å². The van der Waals surface area contributed by atoms with Gasteiger partial charge in [0.15, 0.2) is 0 Å². The molecule has 21 heavy (non-hydrogen) atoms. The van der Waals surface area contributed by atoms with Gasteiger partial charge in [0.05, 0.1) is 0 Å². The Balaban J connectivity index is 2.29. The SMILES string of the molecule is CC=C1/C(=C\N)C(C)(C)CC12CC(C)(C)c1ccccc12. The first-order valence-corrected chi connectivity index (χ1v) is 7.98. The summed E-state index contributed by atoms with van der Waals surface area (Å²) in [5.41, 5.74) is 12.3. The van der Waals surface area contributed by atoms with Gasteiger partial charge in [-0.2, -0.15) is 0 Å². The fourth-order valence-electron chi connectivity index (χ4n) is 5.15. The van der Waals surface area contributed by atoms with Crippen molar-refractivity contribution in [1.29, 1.82) is 0 Å². The van der Waals surface area contributed by atoms with E-state index in [4.69, 9.17) is 5.73 Å². The molecule has 0 saturated heterocycles. The molecule has 1 nitrogen and oxygen atoms in total. The van der Waals surface area contributed by atoms with Crippen molar-refractivity contribution in [3.05, 3.63) is 58.8 Å². The highest BCUT2D eigenvalue weighted by molar-refractivity contribution is 5.60. The van der Waals surface area contributed by atoms with Crippen molar-refractivity contribution in [2.75, 3.05) is 0 Å². The number of benzene rings is 1. The van der Waals surface area contributed by atoms with Crippen molar-refractivity contribution in [2.24, 2.45) is 11.1 Å². The molecular weight excluding hydrogens is 254 g/mol. The Labute approximate surface area is 128 Å². The monoisotopic (exact) mass is 281 g/mol. The van der Waals surface area contributed by atoms with E-state index in [0.717, 1.165) is 6.42 Å². The molecule has 0 aromatic heterocycles. The standard InChI is InChI=1S/C20H27N/c1-6-14-17(11-21)19(4,5)13-20(14)12-18(2,3)15-9-7-8-10-16(15)20/h6-11H,12-13,21H2,1-5H3/b14-6?,17-11+. The highest BCUT2D eigenvalue weighted by Crippen LogP contribution is 2.65. The predicted octanol–water partition coefficient (Wildman–Crippen LogP) is 4.82. The zero-order chi connectivity index (χ0) is 15.5. The number of allylic oxidation sites excluding steroid dienone is 3. The Kier molecular flexibility index (Phi) is 2.92. The van der Waals surface area contributed by atoms with Crippen LogP contribution in [-0.4, -0.2) is 0 Å². The molecule has 1 aromatic carbocycles. The van der Waals surface area contributed by atoms with E-state index in [9.17, 15) is 0 Å². The molecule has 1 heteroatoms. The first-order valence-electron chi connectivity index (χ1n) is 7.98. The van der Waals surface area contributed by atoms with Gasteiger partial charge in [-0.3, -0.25) is 0 Å². The molecule has 0 heterocycles. The van der Waals surface area contributed by atoms with Gasteiger partial charge in [-0.15, -0.1) is 0 Å². The molecule has 0 bridgehead atoms. The second-order valence-corrected chi connectivity index (χ2v) is 8.03. The second-order valence-electron chi connectivity index (χ2n) is 8.03. The zero-order valence-electron chi connectivity index (χ0n) is 14.0. The second kappa shape index (κ2) is 4.25. The molecule has 1 spiro atoms. The minimum atomic E-state index is 0.142. The molecule has 112 valence electrons. The zero-order valence-corrected chi connectivity index (χ0v) is 14.0. The third-order valence-electron chi connectivity index (χ3n) is 5.65. The Bertz CT molecular complexity index is 646. The first kappa shape index (κ1) is 14.4. The van der Waals surface area contributed by atoms with Gasteiger partial charge in [0.2, 0.25) is 0 Å². The smallest absolute Gasteiger partial charge is 0.0222 e. The van der Waals surface area contributed by atoms with Gasteiger partial charge >= 0.3 is 0 Å². The topological polar surface area (TPSA) is 26.0 Å². The van der Waals surface area contributed by atoms with Gasteiger partial charge in [0, 0.05) is 5.41 Å². The molecule has 2 N–H and O–H groups in total. The van der Waals surface area contributed by atoms with Crippen molar-refractivity contribution in [2.45, 2.75) is 58.3 Å². The average molecular weight is 281 g/mol. The van der Waals surface area contributed by atoms with Crippen molar-refractivity contribution < 1.29 is 0 Å². The lowest BCUT2D eigenvalue weighted by molar-refractivity contribution is 0.332. The van der Waals surface area contributed by atoms with Crippen molar-refractivity contribution in [3.63, 3.8) is 0 Å². The van der Waals surface area contributed by atoms with Crippen LogP contribution in [0.3, 0.4) is 0 Å². The Morgan fingerprint density at radius 3 is 2.05 bits per heavy atom. The number of nitrogens with two attached hydrogens (primary N) is 1. The maximum absolute atomic E-state index is 6.01. The number of hydrogen-bond acceptors (Lipinski definition) is 1. The molecule has 1 aromatic rings. The molecule has 1 fully saturated rings. The Hall–Kier alpha value is -1.50. The maximum Gasteiger partial charge on any atom is 0.0222 e. The van der Waals surface area contributed by atoms with Gasteiger partial charge in [-0.1, -0.05) is 58.0 Å². The molecule has 3 rings (SSSR count). The van der Waals surface area contributed by atoms with Crippen LogP contribution in [0.15, 0.2) is 47.7 Å². The lowest BCUT2D eigenvalue weighted by atomic mass is 9.73. The summed E-state index contributed by atoms with van der Waals surface area (Å²) in [6, 6.07) is 9.01. The van der Waals surface area contributed by atoms with Gasteiger partial charge < -0.3 is 5.73 Å². The highest BCUT2D eigenvalue weighted by atomic mass is 14.6. The summed E-state index contributed by atoms with van der Waals surface area (Å²) in [5, 5.41) is 0. The first-order chi connectivity index (χ1) is 9.78. The minimum Gasteiger partial charge on any atom is -0.404 e. The maximum atomic E-state index is 6.01. The van der Waals surface area contributed by atoms with E-state index in [0.29, 0.717) is 0 Å². The molecule has 1 saturated carbocycles. The van der Waals surface area contributed by atoms with Crippen LogP contribution in [0.25, 0.3) is 0 Å². The third kappa shape index (κ3) is 1.76. The lowest BCUT2D eigenvalue weighted by Crippen LogP contribution is -2.25. The van der Waals surface area contributed by atoms with E-state index < -0.39 is 0 Å². The van der Waals surface area contributed by atoms with E-state index in [1.807, 2.05) is 6.20 Å².